The minimum absolute atomic E-state index is 0.177. The van der Waals surface area contributed by atoms with Gasteiger partial charge in [-0.25, -0.2) is 10.2 Å². The summed E-state index contributed by atoms with van der Waals surface area (Å²) in [4.78, 5) is 24.7. The third-order valence-corrected chi connectivity index (χ3v) is 4.19. The highest BCUT2D eigenvalue weighted by atomic mass is 16.5. The van der Waals surface area contributed by atoms with Crippen molar-refractivity contribution in [1.82, 2.24) is 5.43 Å². The van der Waals surface area contributed by atoms with Crippen molar-refractivity contribution in [2.75, 3.05) is 24.6 Å². The fourth-order valence-electron chi connectivity index (χ4n) is 2.96. The van der Waals surface area contributed by atoms with Crippen LogP contribution in [0, 0.1) is 0 Å². The number of carbonyl (C=O) groups excluding carboxylic acids is 1. The minimum atomic E-state index is -1.03. The predicted molar refractivity (Wildman–Crippen MR) is 102 cm³/mol. The van der Waals surface area contributed by atoms with E-state index in [-0.39, 0.29) is 19.1 Å². The van der Waals surface area contributed by atoms with Crippen molar-refractivity contribution in [1.29, 1.82) is 0 Å². The van der Waals surface area contributed by atoms with Gasteiger partial charge in [-0.1, -0.05) is 18.2 Å². The minimum Gasteiger partial charge on any atom is -0.482 e. The SMILES string of the molecule is O=C(O)COc1ccc(/C=N\NC(=O)CN2CCCc3ccccc32)cc1. The van der Waals surface area contributed by atoms with E-state index in [0.717, 1.165) is 30.6 Å². The first-order valence-corrected chi connectivity index (χ1v) is 8.71. The van der Waals surface area contributed by atoms with Gasteiger partial charge in [0.15, 0.2) is 6.61 Å². The fourth-order valence-corrected chi connectivity index (χ4v) is 2.96. The average Bonchev–Trinajstić information content (AvgIpc) is 2.67. The number of aryl methyl sites for hydroxylation is 1. The summed E-state index contributed by atoms with van der Waals surface area (Å²) in [5, 5.41) is 12.6. The van der Waals surface area contributed by atoms with E-state index < -0.39 is 5.97 Å². The van der Waals surface area contributed by atoms with E-state index in [1.807, 2.05) is 18.2 Å². The van der Waals surface area contributed by atoms with Gasteiger partial charge in [0.25, 0.3) is 5.91 Å². The molecular formula is C20H21N3O4. The van der Waals surface area contributed by atoms with Crippen LogP contribution in [0.25, 0.3) is 0 Å². The van der Waals surface area contributed by atoms with E-state index in [0.29, 0.717) is 5.75 Å². The zero-order chi connectivity index (χ0) is 19.1. The van der Waals surface area contributed by atoms with Crippen LogP contribution < -0.4 is 15.1 Å². The van der Waals surface area contributed by atoms with E-state index >= 15 is 0 Å². The molecule has 0 saturated carbocycles. The lowest BCUT2D eigenvalue weighted by Crippen LogP contribution is -2.38. The first kappa shape index (κ1) is 18.4. The molecule has 7 nitrogen and oxygen atoms in total. The number of fused-ring (bicyclic) bond motifs is 1. The smallest absolute Gasteiger partial charge is 0.341 e. The Morgan fingerprint density at radius 2 is 1.96 bits per heavy atom. The number of aliphatic carboxylic acids is 1. The number of hydrazone groups is 1. The van der Waals surface area contributed by atoms with Crippen LogP contribution >= 0.6 is 0 Å². The summed E-state index contributed by atoms with van der Waals surface area (Å²) in [6.07, 6.45) is 3.60. The molecule has 0 saturated heterocycles. The molecule has 0 spiro atoms. The summed E-state index contributed by atoms with van der Waals surface area (Å²) < 4.78 is 5.06. The highest BCUT2D eigenvalue weighted by molar-refractivity contribution is 5.85. The topological polar surface area (TPSA) is 91.2 Å². The van der Waals surface area contributed by atoms with Gasteiger partial charge < -0.3 is 14.7 Å². The number of anilines is 1. The molecule has 1 aliphatic heterocycles. The first-order chi connectivity index (χ1) is 13.1. The van der Waals surface area contributed by atoms with Crippen molar-refractivity contribution in [3.05, 3.63) is 59.7 Å². The van der Waals surface area contributed by atoms with Crippen LogP contribution in [0.3, 0.4) is 0 Å². The maximum atomic E-state index is 12.2. The van der Waals surface area contributed by atoms with Gasteiger partial charge in [-0.05, 0) is 54.3 Å². The molecule has 27 heavy (non-hydrogen) atoms. The Morgan fingerprint density at radius 3 is 2.74 bits per heavy atom. The lowest BCUT2D eigenvalue weighted by atomic mass is 10.0. The maximum absolute atomic E-state index is 12.2. The molecule has 0 unspecified atom stereocenters. The van der Waals surface area contributed by atoms with Crippen LogP contribution in [0.5, 0.6) is 5.75 Å². The van der Waals surface area contributed by atoms with Gasteiger partial charge in [0, 0.05) is 12.2 Å². The van der Waals surface area contributed by atoms with E-state index in [9.17, 15) is 9.59 Å². The number of hydrogen-bond acceptors (Lipinski definition) is 5. The fraction of sp³-hybridized carbons (Fsp3) is 0.250. The Kier molecular flexibility index (Phi) is 6.04. The summed E-state index contributed by atoms with van der Waals surface area (Å²) in [7, 11) is 0. The number of rotatable bonds is 7. The Balaban J connectivity index is 1.50. The van der Waals surface area contributed by atoms with Crippen LogP contribution in [0.2, 0.25) is 0 Å². The molecule has 0 fully saturated rings. The quantitative estimate of drug-likeness (QED) is 0.577. The Bertz CT molecular complexity index is 833. The number of amides is 1. The predicted octanol–water partition coefficient (Wildman–Crippen LogP) is 2.05. The number of para-hydroxylation sites is 1. The molecule has 3 rings (SSSR count). The number of carboxylic acid groups (broad SMARTS) is 1. The molecule has 0 aromatic heterocycles. The highest BCUT2D eigenvalue weighted by Gasteiger charge is 2.18. The second-order valence-corrected chi connectivity index (χ2v) is 6.20. The molecular weight excluding hydrogens is 346 g/mol. The number of carbonyl (C=O) groups is 2. The number of carboxylic acids is 1. The Hall–Kier alpha value is -3.35. The van der Waals surface area contributed by atoms with Crippen LogP contribution in [-0.4, -0.2) is 42.9 Å². The van der Waals surface area contributed by atoms with Gasteiger partial charge in [0.05, 0.1) is 12.8 Å². The van der Waals surface area contributed by atoms with Crippen LogP contribution in [0.1, 0.15) is 17.5 Å². The normalized spacial score (nSPS) is 13.3. The van der Waals surface area contributed by atoms with Gasteiger partial charge in [-0.2, -0.15) is 5.10 Å². The molecule has 140 valence electrons. The highest BCUT2D eigenvalue weighted by Crippen LogP contribution is 2.26. The lowest BCUT2D eigenvalue weighted by Gasteiger charge is -2.30. The summed E-state index contributed by atoms with van der Waals surface area (Å²) in [5.74, 6) is -0.744. The molecule has 1 heterocycles. The van der Waals surface area contributed by atoms with Gasteiger partial charge in [0.1, 0.15) is 5.75 Å². The second-order valence-electron chi connectivity index (χ2n) is 6.20. The number of nitrogens with one attached hydrogen (secondary N) is 1. The zero-order valence-corrected chi connectivity index (χ0v) is 14.8. The maximum Gasteiger partial charge on any atom is 0.341 e. The standard InChI is InChI=1S/C20H21N3O4/c24-19(13-23-11-3-5-16-4-1-2-6-18(16)23)22-21-12-15-7-9-17(10-8-15)27-14-20(25)26/h1-2,4,6-10,12H,3,5,11,13-14H2,(H,22,24)(H,25,26)/b21-12-. The molecule has 0 radical (unpaired) electrons. The lowest BCUT2D eigenvalue weighted by molar-refractivity contribution is -0.139. The summed E-state index contributed by atoms with van der Waals surface area (Å²) in [5.41, 5.74) is 5.69. The van der Waals surface area contributed by atoms with Crippen molar-refractivity contribution in [3.63, 3.8) is 0 Å². The summed E-state index contributed by atoms with van der Waals surface area (Å²) >= 11 is 0. The third kappa shape index (κ3) is 5.31. The zero-order valence-electron chi connectivity index (χ0n) is 14.8. The molecule has 1 amide bonds. The number of benzene rings is 2. The van der Waals surface area contributed by atoms with Gasteiger partial charge in [-0.3, -0.25) is 4.79 Å². The molecule has 7 heteroatoms. The van der Waals surface area contributed by atoms with Crippen molar-refractivity contribution >= 4 is 23.8 Å². The number of nitrogens with zero attached hydrogens (tertiary/aromatic N) is 2. The summed E-state index contributed by atoms with van der Waals surface area (Å²) in [6.45, 7) is 0.728. The van der Waals surface area contributed by atoms with E-state index in [1.54, 1.807) is 24.3 Å². The van der Waals surface area contributed by atoms with Crippen molar-refractivity contribution in [2.45, 2.75) is 12.8 Å². The van der Waals surface area contributed by atoms with Crippen LogP contribution in [0.4, 0.5) is 5.69 Å². The van der Waals surface area contributed by atoms with Crippen molar-refractivity contribution in [2.24, 2.45) is 5.10 Å². The van der Waals surface area contributed by atoms with E-state index in [2.05, 4.69) is 21.5 Å². The Labute approximate surface area is 157 Å². The molecule has 1 aliphatic rings. The Morgan fingerprint density at radius 1 is 1.19 bits per heavy atom. The molecule has 2 N–H and O–H groups in total. The van der Waals surface area contributed by atoms with E-state index in [4.69, 9.17) is 9.84 Å². The van der Waals surface area contributed by atoms with Gasteiger partial charge in [0.2, 0.25) is 0 Å². The first-order valence-electron chi connectivity index (χ1n) is 8.71. The number of ether oxygens (including phenoxy) is 1. The molecule has 2 aromatic carbocycles. The van der Waals surface area contributed by atoms with Gasteiger partial charge in [-0.15, -0.1) is 0 Å². The van der Waals surface area contributed by atoms with Crippen molar-refractivity contribution in [3.8, 4) is 5.75 Å². The summed E-state index contributed by atoms with van der Waals surface area (Å²) in [6, 6.07) is 14.9. The molecule has 0 bridgehead atoms. The monoisotopic (exact) mass is 367 g/mol. The largest absolute Gasteiger partial charge is 0.482 e. The third-order valence-electron chi connectivity index (χ3n) is 4.19. The van der Waals surface area contributed by atoms with E-state index in [1.165, 1.54) is 11.8 Å². The number of hydrogen-bond donors (Lipinski definition) is 2. The van der Waals surface area contributed by atoms with Crippen LogP contribution in [0.15, 0.2) is 53.6 Å². The molecule has 0 atom stereocenters. The molecule has 2 aromatic rings. The molecule has 0 aliphatic carbocycles. The second kappa shape index (κ2) is 8.84. The van der Waals surface area contributed by atoms with Crippen molar-refractivity contribution < 1.29 is 19.4 Å². The van der Waals surface area contributed by atoms with Gasteiger partial charge >= 0.3 is 5.97 Å². The average molecular weight is 367 g/mol. The van der Waals surface area contributed by atoms with Crippen LogP contribution in [-0.2, 0) is 16.0 Å².